The molecule has 1 atom stereocenters. The van der Waals surface area contributed by atoms with Crippen molar-refractivity contribution in [1.82, 2.24) is 15.0 Å². The topological polar surface area (TPSA) is 58.5 Å². The van der Waals surface area contributed by atoms with Crippen molar-refractivity contribution in [2.75, 3.05) is 0 Å². The quantitative estimate of drug-likeness (QED) is 0.702. The Bertz CT molecular complexity index is 1020. The lowest BCUT2D eigenvalue weighted by Crippen LogP contribution is -2.30. The molecule has 0 N–H and O–H groups in total. The molecule has 0 aliphatic carbocycles. The molecule has 0 spiro atoms. The molecule has 1 aliphatic rings. The zero-order valence-corrected chi connectivity index (χ0v) is 15.8. The fraction of sp³-hybridized carbons (Fsp3) is 0.273. The van der Waals surface area contributed by atoms with Crippen LogP contribution in [0.5, 0.6) is 0 Å². The van der Waals surface area contributed by atoms with Gasteiger partial charge in [0.15, 0.2) is 0 Å². The molecule has 2 heterocycles. The Labute approximate surface area is 158 Å². The fourth-order valence-electron chi connectivity index (χ4n) is 3.35. The summed E-state index contributed by atoms with van der Waals surface area (Å²) in [6.07, 6.45) is 4.06. The number of benzene rings is 2. The van der Waals surface area contributed by atoms with Gasteiger partial charge in [-0.25, -0.2) is 5.01 Å². The van der Waals surface area contributed by atoms with Crippen molar-refractivity contribution < 1.29 is 4.79 Å². The first-order valence-electron chi connectivity index (χ1n) is 9.21. The zero-order valence-electron chi connectivity index (χ0n) is 15.8. The number of rotatable bonds is 3. The Hall–Kier alpha value is -3.08. The van der Waals surface area contributed by atoms with Gasteiger partial charge in [-0.1, -0.05) is 49.7 Å². The Morgan fingerprint density at radius 3 is 2.44 bits per heavy atom. The van der Waals surface area contributed by atoms with E-state index in [9.17, 15) is 4.79 Å². The summed E-state index contributed by atoms with van der Waals surface area (Å²) >= 11 is 0. The van der Waals surface area contributed by atoms with E-state index in [1.54, 1.807) is 17.4 Å². The summed E-state index contributed by atoms with van der Waals surface area (Å²) in [6, 6.07) is 14.2. The third kappa shape index (κ3) is 3.33. The van der Waals surface area contributed by atoms with Crippen LogP contribution in [0.1, 0.15) is 43.0 Å². The summed E-state index contributed by atoms with van der Waals surface area (Å²) in [4.78, 5) is 21.5. The first-order chi connectivity index (χ1) is 13.0. The van der Waals surface area contributed by atoms with Gasteiger partial charge in [-0.3, -0.25) is 14.8 Å². The zero-order chi connectivity index (χ0) is 19.0. The van der Waals surface area contributed by atoms with Crippen LogP contribution >= 0.6 is 0 Å². The maximum Gasteiger partial charge on any atom is 0.245 e. The van der Waals surface area contributed by atoms with Gasteiger partial charge in [-0.15, -0.1) is 0 Å². The monoisotopic (exact) mass is 358 g/mol. The van der Waals surface area contributed by atoms with E-state index >= 15 is 0 Å². The minimum absolute atomic E-state index is 0.0290. The number of hydrogen-bond acceptors (Lipinski definition) is 4. The van der Waals surface area contributed by atoms with Crippen LogP contribution in [0.2, 0.25) is 0 Å². The third-order valence-electron chi connectivity index (χ3n) is 4.89. The minimum atomic E-state index is -0.123. The van der Waals surface area contributed by atoms with Crippen LogP contribution in [0.25, 0.3) is 11.0 Å². The summed E-state index contributed by atoms with van der Waals surface area (Å²) in [5.41, 5.74) is 5.91. The molecule has 0 bridgehead atoms. The van der Waals surface area contributed by atoms with E-state index < -0.39 is 0 Å². The molecule has 27 heavy (non-hydrogen) atoms. The van der Waals surface area contributed by atoms with Gasteiger partial charge < -0.3 is 0 Å². The van der Waals surface area contributed by atoms with E-state index in [-0.39, 0.29) is 17.9 Å². The van der Waals surface area contributed by atoms with Crippen molar-refractivity contribution in [3.8, 4) is 0 Å². The van der Waals surface area contributed by atoms with E-state index in [2.05, 4.69) is 41.2 Å². The molecule has 0 radical (unpaired) electrons. The van der Waals surface area contributed by atoms with Crippen molar-refractivity contribution in [3.63, 3.8) is 0 Å². The Balaban J connectivity index is 1.73. The molecule has 2 aromatic carbocycles. The molecule has 3 aromatic rings. The lowest BCUT2D eigenvalue weighted by atomic mass is 9.97. The summed E-state index contributed by atoms with van der Waals surface area (Å²) in [7, 11) is 0. The maximum atomic E-state index is 12.8. The van der Waals surface area contributed by atoms with Crippen LogP contribution in [0.4, 0.5) is 0 Å². The van der Waals surface area contributed by atoms with E-state index in [4.69, 9.17) is 5.10 Å². The predicted molar refractivity (Wildman–Crippen MR) is 106 cm³/mol. The van der Waals surface area contributed by atoms with E-state index in [0.717, 1.165) is 27.9 Å². The number of amides is 1. The number of aryl methyl sites for hydroxylation is 1. The molecule has 1 aromatic heterocycles. The number of hydrazone groups is 1. The molecule has 4 rings (SSSR count). The van der Waals surface area contributed by atoms with Crippen molar-refractivity contribution in [2.24, 2.45) is 11.0 Å². The second-order valence-electron chi connectivity index (χ2n) is 7.27. The van der Waals surface area contributed by atoms with Crippen LogP contribution in [0, 0.1) is 12.8 Å². The maximum absolute atomic E-state index is 12.8. The molecule has 0 unspecified atom stereocenters. The highest BCUT2D eigenvalue weighted by atomic mass is 16.2. The normalized spacial score (nSPS) is 16.8. The second kappa shape index (κ2) is 6.91. The minimum Gasteiger partial charge on any atom is -0.273 e. The molecule has 136 valence electrons. The smallest absolute Gasteiger partial charge is 0.245 e. The molecule has 0 fully saturated rings. The van der Waals surface area contributed by atoms with E-state index in [0.29, 0.717) is 6.42 Å². The molecule has 5 heteroatoms. The molecule has 1 amide bonds. The van der Waals surface area contributed by atoms with Gasteiger partial charge in [0.2, 0.25) is 5.91 Å². The van der Waals surface area contributed by atoms with E-state index in [1.807, 2.05) is 32.0 Å². The first kappa shape index (κ1) is 17.3. The number of hydrogen-bond donors (Lipinski definition) is 0. The number of fused-ring (bicyclic) bond motifs is 1. The SMILES string of the molecule is Cc1ccc(C2=NN(C(=O)C(C)C)[C@H](c3ccc4nccnc4c3)C2)cc1. The highest BCUT2D eigenvalue weighted by Gasteiger charge is 2.34. The lowest BCUT2D eigenvalue weighted by molar-refractivity contribution is -0.136. The summed E-state index contributed by atoms with van der Waals surface area (Å²) in [5.74, 6) is -0.0878. The van der Waals surface area contributed by atoms with Crippen LogP contribution in [-0.2, 0) is 4.79 Å². The lowest BCUT2D eigenvalue weighted by Gasteiger charge is -2.23. The fourth-order valence-corrected chi connectivity index (χ4v) is 3.35. The largest absolute Gasteiger partial charge is 0.273 e. The number of nitrogens with zero attached hydrogens (tertiary/aromatic N) is 4. The number of aromatic nitrogens is 2. The molecule has 0 saturated heterocycles. The predicted octanol–water partition coefficient (Wildman–Crippen LogP) is 4.27. The van der Waals surface area contributed by atoms with Gasteiger partial charge >= 0.3 is 0 Å². The Kier molecular flexibility index (Phi) is 4.44. The first-order valence-corrected chi connectivity index (χ1v) is 9.21. The van der Waals surface area contributed by atoms with Crippen LogP contribution in [0.15, 0.2) is 60.0 Å². The van der Waals surface area contributed by atoms with Crippen LogP contribution in [-0.4, -0.2) is 26.6 Å². The van der Waals surface area contributed by atoms with Crippen LogP contribution < -0.4 is 0 Å². The van der Waals surface area contributed by atoms with Gasteiger partial charge in [-0.2, -0.15) is 5.10 Å². The van der Waals surface area contributed by atoms with E-state index in [1.165, 1.54) is 5.56 Å². The highest BCUT2D eigenvalue weighted by molar-refractivity contribution is 6.03. The van der Waals surface area contributed by atoms with Gasteiger partial charge in [-0.05, 0) is 30.2 Å². The van der Waals surface area contributed by atoms with Gasteiger partial charge in [0.25, 0.3) is 0 Å². The van der Waals surface area contributed by atoms with Crippen molar-refractivity contribution >= 4 is 22.7 Å². The highest BCUT2D eigenvalue weighted by Crippen LogP contribution is 2.34. The average molecular weight is 358 g/mol. The summed E-state index contributed by atoms with van der Waals surface area (Å²) in [6.45, 7) is 5.88. The second-order valence-corrected chi connectivity index (χ2v) is 7.27. The molecule has 1 aliphatic heterocycles. The molecular formula is C22H22N4O. The Morgan fingerprint density at radius 2 is 1.74 bits per heavy atom. The standard InChI is InChI=1S/C22H22N4O/c1-14(2)22(27)26-21(13-19(25-26)16-6-4-15(3)5-7-16)17-8-9-18-20(12-17)24-11-10-23-18/h4-12,14,21H,13H2,1-3H3/t21-/m0/s1. The average Bonchev–Trinajstić information content (AvgIpc) is 3.12. The van der Waals surface area contributed by atoms with Gasteiger partial charge in [0.05, 0.1) is 22.8 Å². The molecule has 5 nitrogen and oxygen atoms in total. The number of carbonyl (C=O) groups is 1. The number of carbonyl (C=O) groups excluding carboxylic acids is 1. The Morgan fingerprint density at radius 1 is 1.04 bits per heavy atom. The van der Waals surface area contributed by atoms with Crippen molar-refractivity contribution in [1.29, 1.82) is 0 Å². The third-order valence-corrected chi connectivity index (χ3v) is 4.89. The van der Waals surface area contributed by atoms with Crippen molar-refractivity contribution in [2.45, 2.75) is 33.2 Å². The molecule has 0 saturated carbocycles. The summed E-state index contributed by atoms with van der Waals surface area (Å²) < 4.78 is 0. The molecular weight excluding hydrogens is 336 g/mol. The van der Waals surface area contributed by atoms with Gasteiger partial charge in [0.1, 0.15) is 0 Å². The van der Waals surface area contributed by atoms with Crippen molar-refractivity contribution in [3.05, 3.63) is 71.5 Å². The van der Waals surface area contributed by atoms with Crippen LogP contribution in [0.3, 0.4) is 0 Å². The summed E-state index contributed by atoms with van der Waals surface area (Å²) in [5, 5.41) is 6.36. The van der Waals surface area contributed by atoms with Gasteiger partial charge in [0, 0.05) is 24.7 Å².